The van der Waals surface area contributed by atoms with Crippen molar-refractivity contribution in [1.29, 1.82) is 0 Å². The lowest BCUT2D eigenvalue weighted by molar-refractivity contribution is -0.0863. The molecule has 1 aliphatic carbocycles. The maximum Gasteiger partial charge on any atom is 0.387 e. The van der Waals surface area contributed by atoms with Crippen LogP contribution in [0.5, 0.6) is 5.75 Å². The second-order valence-electron chi connectivity index (χ2n) is 6.55. The van der Waals surface area contributed by atoms with Gasteiger partial charge in [-0.15, -0.1) is 0 Å². The molecule has 0 aromatic heterocycles. The molecule has 132 valence electrons. The highest BCUT2D eigenvalue weighted by Crippen LogP contribution is 2.40. The number of benzene rings is 1. The molecule has 2 amide bonds. The maximum atomic E-state index is 12.5. The van der Waals surface area contributed by atoms with Gasteiger partial charge in [-0.1, -0.05) is 25.0 Å². The minimum atomic E-state index is -2.95. The van der Waals surface area contributed by atoms with E-state index >= 15 is 0 Å². The standard InChI is InChI=1S/C17H22F2N2O3/c18-15(19)24-14-7-2-1-6-13(14)20-16(22)21-10-9-17(23)8-4-3-5-12(17)11-21/h1-2,6-7,12,15,23H,3-5,8-11H2,(H,20,22)/t12-,17-/m1/s1. The first-order valence-corrected chi connectivity index (χ1v) is 8.30. The van der Waals surface area contributed by atoms with Gasteiger partial charge < -0.3 is 20.1 Å². The van der Waals surface area contributed by atoms with Crippen LogP contribution in [0.15, 0.2) is 24.3 Å². The average molecular weight is 340 g/mol. The number of urea groups is 1. The monoisotopic (exact) mass is 340 g/mol. The van der Waals surface area contributed by atoms with E-state index in [0.29, 0.717) is 19.5 Å². The molecule has 1 aromatic carbocycles. The van der Waals surface area contributed by atoms with Crippen LogP contribution in [0.1, 0.15) is 32.1 Å². The fraction of sp³-hybridized carbons (Fsp3) is 0.588. The Balaban J connectivity index is 1.66. The van der Waals surface area contributed by atoms with Gasteiger partial charge in [-0.3, -0.25) is 0 Å². The van der Waals surface area contributed by atoms with Gasteiger partial charge in [-0.05, 0) is 31.4 Å². The van der Waals surface area contributed by atoms with Gasteiger partial charge in [-0.2, -0.15) is 8.78 Å². The first-order valence-electron chi connectivity index (χ1n) is 8.30. The number of hydrogen-bond donors (Lipinski definition) is 2. The van der Waals surface area contributed by atoms with Crippen LogP contribution in [-0.4, -0.2) is 41.3 Å². The van der Waals surface area contributed by atoms with Gasteiger partial charge in [0.1, 0.15) is 5.75 Å². The van der Waals surface area contributed by atoms with Crippen molar-refractivity contribution in [3.05, 3.63) is 24.3 Å². The van der Waals surface area contributed by atoms with Crippen LogP contribution in [0.3, 0.4) is 0 Å². The number of likely N-dealkylation sites (tertiary alicyclic amines) is 1. The van der Waals surface area contributed by atoms with Crippen molar-refractivity contribution < 1.29 is 23.4 Å². The van der Waals surface area contributed by atoms with Crippen molar-refractivity contribution in [3.63, 3.8) is 0 Å². The second-order valence-corrected chi connectivity index (χ2v) is 6.55. The smallest absolute Gasteiger partial charge is 0.387 e. The van der Waals surface area contributed by atoms with E-state index in [2.05, 4.69) is 10.1 Å². The molecule has 1 aromatic rings. The van der Waals surface area contributed by atoms with Crippen LogP contribution in [-0.2, 0) is 0 Å². The summed E-state index contributed by atoms with van der Waals surface area (Å²) in [6.07, 6.45) is 4.34. The molecule has 0 spiro atoms. The number of amides is 2. The van der Waals surface area contributed by atoms with Crippen molar-refractivity contribution in [2.45, 2.75) is 44.3 Å². The van der Waals surface area contributed by atoms with E-state index in [4.69, 9.17) is 0 Å². The fourth-order valence-corrected chi connectivity index (χ4v) is 3.72. The Morgan fingerprint density at radius 3 is 2.92 bits per heavy atom. The van der Waals surface area contributed by atoms with E-state index in [1.807, 2.05) is 0 Å². The summed E-state index contributed by atoms with van der Waals surface area (Å²) in [5.41, 5.74) is -0.446. The first kappa shape index (κ1) is 17.0. The minimum Gasteiger partial charge on any atom is -0.433 e. The predicted octanol–water partition coefficient (Wildman–Crippen LogP) is 3.45. The summed E-state index contributed by atoms with van der Waals surface area (Å²) in [5, 5.41) is 13.3. The van der Waals surface area contributed by atoms with Crippen LogP contribution in [0, 0.1) is 5.92 Å². The van der Waals surface area contributed by atoms with Crippen LogP contribution in [0.4, 0.5) is 19.3 Å². The zero-order valence-corrected chi connectivity index (χ0v) is 13.4. The lowest BCUT2D eigenvalue weighted by Crippen LogP contribution is -2.55. The van der Waals surface area contributed by atoms with Crippen LogP contribution in [0.2, 0.25) is 0 Å². The van der Waals surface area contributed by atoms with Gasteiger partial charge in [0.05, 0.1) is 11.3 Å². The number of aliphatic hydroxyl groups is 1. The van der Waals surface area contributed by atoms with Crippen molar-refractivity contribution in [1.82, 2.24) is 4.90 Å². The Kier molecular flexibility index (Phi) is 4.89. The maximum absolute atomic E-state index is 12.5. The van der Waals surface area contributed by atoms with Gasteiger partial charge in [-0.25, -0.2) is 4.79 Å². The number of halogens is 2. The SMILES string of the molecule is O=C(Nc1ccccc1OC(F)F)N1CC[C@]2(O)CCCC[C@@H]2C1. The molecule has 2 fully saturated rings. The Morgan fingerprint density at radius 2 is 2.12 bits per heavy atom. The van der Waals surface area contributed by atoms with Crippen LogP contribution in [0.25, 0.3) is 0 Å². The molecule has 0 bridgehead atoms. The number of alkyl halides is 2. The van der Waals surface area contributed by atoms with E-state index in [1.165, 1.54) is 12.1 Å². The molecule has 1 aliphatic heterocycles. The summed E-state index contributed by atoms with van der Waals surface area (Å²) in [7, 11) is 0. The Hall–Kier alpha value is -1.89. The first-order chi connectivity index (χ1) is 11.5. The number of piperidine rings is 1. The highest BCUT2D eigenvalue weighted by molar-refractivity contribution is 5.91. The Labute approximate surface area is 139 Å². The summed E-state index contributed by atoms with van der Waals surface area (Å²) >= 11 is 0. The average Bonchev–Trinajstić information content (AvgIpc) is 2.55. The molecule has 3 rings (SSSR count). The number of fused-ring (bicyclic) bond motifs is 1. The number of para-hydroxylation sites is 2. The largest absolute Gasteiger partial charge is 0.433 e. The highest BCUT2D eigenvalue weighted by Gasteiger charge is 2.43. The summed E-state index contributed by atoms with van der Waals surface area (Å²) in [4.78, 5) is 14.1. The van der Waals surface area contributed by atoms with Crippen molar-refractivity contribution in [3.8, 4) is 5.75 Å². The van der Waals surface area contributed by atoms with E-state index in [0.717, 1.165) is 25.7 Å². The van der Waals surface area contributed by atoms with Crippen molar-refractivity contribution >= 4 is 11.7 Å². The molecule has 1 saturated carbocycles. The highest BCUT2D eigenvalue weighted by atomic mass is 19.3. The molecule has 24 heavy (non-hydrogen) atoms. The molecule has 2 aliphatic rings. The van der Waals surface area contributed by atoms with E-state index in [1.54, 1.807) is 17.0 Å². The second kappa shape index (κ2) is 6.93. The van der Waals surface area contributed by atoms with E-state index in [-0.39, 0.29) is 23.4 Å². The number of nitrogens with one attached hydrogen (secondary N) is 1. The van der Waals surface area contributed by atoms with Crippen molar-refractivity contribution in [2.24, 2.45) is 5.92 Å². The van der Waals surface area contributed by atoms with Gasteiger partial charge in [0, 0.05) is 19.0 Å². The van der Waals surface area contributed by atoms with Gasteiger partial charge >= 0.3 is 12.6 Å². The number of rotatable bonds is 3. The Bertz CT molecular complexity index is 599. The third-order valence-electron chi connectivity index (χ3n) is 5.06. The van der Waals surface area contributed by atoms with Crippen LogP contribution >= 0.6 is 0 Å². The molecule has 1 heterocycles. The molecule has 0 unspecified atom stereocenters. The third kappa shape index (κ3) is 3.61. The minimum absolute atomic E-state index is 0.0629. The molecule has 2 N–H and O–H groups in total. The zero-order chi connectivity index (χ0) is 17.2. The number of carbonyl (C=O) groups is 1. The fourth-order valence-electron chi connectivity index (χ4n) is 3.72. The van der Waals surface area contributed by atoms with E-state index in [9.17, 15) is 18.7 Å². The number of hydrogen-bond acceptors (Lipinski definition) is 3. The molecular weight excluding hydrogens is 318 g/mol. The summed E-state index contributed by atoms with van der Waals surface area (Å²) in [6.45, 7) is -2.01. The van der Waals surface area contributed by atoms with E-state index < -0.39 is 12.2 Å². The normalized spacial score (nSPS) is 26.8. The van der Waals surface area contributed by atoms with Gasteiger partial charge in [0.15, 0.2) is 0 Å². The molecule has 7 heteroatoms. The quantitative estimate of drug-likeness (QED) is 0.886. The Morgan fingerprint density at radius 1 is 1.33 bits per heavy atom. The lowest BCUT2D eigenvalue weighted by atomic mass is 9.71. The van der Waals surface area contributed by atoms with Crippen LogP contribution < -0.4 is 10.1 Å². The number of nitrogens with zero attached hydrogens (tertiary/aromatic N) is 1. The third-order valence-corrected chi connectivity index (χ3v) is 5.06. The van der Waals surface area contributed by atoms with Crippen molar-refractivity contribution in [2.75, 3.05) is 18.4 Å². The molecule has 0 radical (unpaired) electrons. The molecule has 2 atom stereocenters. The lowest BCUT2D eigenvalue weighted by Gasteiger charge is -2.47. The topological polar surface area (TPSA) is 61.8 Å². The summed E-state index contributed by atoms with van der Waals surface area (Å²) in [6, 6.07) is 5.77. The summed E-state index contributed by atoms with van der Waals surface area (Å²) in [5.74, 6) is 0.0188. The molecular formula is C17H22F2N2O3. The van der Waals surface area contributed by atoms with Gasteiger partial charge in [0.25, 0.3) is 0 Å². The number of anilines is 1. The number of ether oxygens (including phenoxy) is 1. The molecule has 5 nitrogen and oxygen atoms in total. The predicted molar refractivity (Wildman–Crippen MR) is 85.2 cm³/mol. The van der Waals surface area contributed by atoms with Gasteiger partial charge in [0.2, 0.25) is 0 Å². The number of carbonyl (C=O) groups excluding carboxylic acids is 1. The zero-order valence-electron chi connectivity index (χ0n) is 13.4. The summed E-state index contributed by atoms with van der Waals surface area (Å²) < 4.78 is 29.3. The molecule has 1 saturated heterocycles.